The summed E-state index contributed by atoms with van der Waals surface area (Å²) in [5, 5.41) is 11.5. The van der Waals surface area contributed by atoms with Crippen molar-refractivity contribution in [2.24, 2.45) is 0 Å². The van der Waals surface area contributed by atoms with Crippen LogP contribution in [0.5, 0.6) is 0 Å². The number of aliphatic carboxylic acids is 1. The number of ether oxygens (including phenoxy) is 1. The smallest absolute Gasteiger partial charge is 0.317 e. The minimum Gasteiger partial charge on any atom is -0.480 e. The number of nitrogens with one attached hydrogen (secondary N) is 1. The van der Waals surface area contributed by atoms with E-state index in [-0.39, 0.29) is 36.3 Å². The lowest BCUT2D eigenvalue weighted by atomic mass is 10.3. The fraction of sp³-hybridized carbons (Fsp3) is 0.529. The number of rotatable bonds is 9. The molecular weight excluding hydrogens is 410 g/mol. The summed E-state index contributed by atoms with van der Waals surface area (Å²) in [6, 6.07) is 5.93. The number of morpholine rings is 1. The van der Waals surface area contributed by atoms with Gasteiger partial charge in [0.25, 0.3) is 0 Å². The van der Waals surface area contributed by atoms with Crippen molar-refractivity contribution < 1.29 is 27.9 Å². The van der Waals surface area contributed by atoms with E-state index in [1.807, 2.05) is 6.92 Å². The van der Waals surface area contributed by atoms with Crippen molar-refractivity contribution in [2.45, 2.75) is 18.2 Å². The molecule has 9 nitrogen and oxygen atoms in total. The number of nitrogens with zero attached hydrogens (tertiary/aromatic N) is 2. The van der Waals surface area contributed by atoms with Crippen molar-refractivity contribution in [3.8, 4) is 0 Å². The molecule has 1 aromatic carbocycles. The molecule has 1 aromatic rings. The van der Waals surface area contributed by atoms with Crippen LogP contribution in [-0.2, 0) is 24.3 Å². The van der Waals surface area contributed by atoms with Gasteiger partial charge in [0.2, 0.25) is 15.9 Å². The summed E-state index contributed by atoms with van der Waals surface area (Å²) in [6.07, 6.45) is 0.731. The molecule has 1 aliphatic rings. The molecule has 2 rings (SSSR count). The van der Waals surface area contributed by atoms with Crippen LogP contribution in [0.4, 0.5) is 5.69 Å². The van der Waals surface area contributed by atoms with Crippen molar-refractivity contribution in [1.29, 1.82) is 0 Å². The molecule has 28 heavy (non-hydrogen) atoms. The SMILES string of the molecule is CCCN(CC(=O)O)CC(=O)Nc1ccc(S(=O)(=O)N2CCOCC2)cc1.Cl. The Balaban J connectivity index is 0.00000392. The first kappa shape index (κ1) is 24.3. The van der Waals surface area contributed by atoms with Crippen LogP contribution in [0.2, 0.25) is 0 Å². The molecule has 0 bridgehead atoms. The van der Waals surface area contributed by atoms with Gasteiger partial charge in [-0.2, -0.15) is 4.31 Å². The normalized spacial score (nSPS) is 15.1. The standard InChI is InChI=1S/C17H25N3O6S.ClH/c1-2-7-19(13-17(22)23)12-16(21)18-14-3-5-15(6-4-14)27(24,25)20-8-10-26-11-9-20;/h3-6H,2,7-13H2,1H3,(H,18,21)(H,22,23);1H. The Kier molecular flexibility index (Phi) is 9.83. The predicted molar refractivity (Wildman–Crippen MR) is 106 cm³/mol. The van der Waals surface area contributed by atoms with Gasteiger partial charge in [-0.25, -0.2) is 8.42 Å². The van der Waals surface area contributed by atoms with Crippen LogP contribution >= 0.6 is 12.4 Å². The zero-order valence-electron chi connectivity index (χ0n) is 15.7. The van der Waals surface area contributed by atoms with Crippen LogP contribution in [0.3, 0.4) is 0 Å². The third-order valence-electron chi connectivity index (χ3n) is 4.01. The molecule has 0 saturated carbocycles. The van der Waals surface area contributed by atoms with Crippen molar-refractivity contribution in [3.05, 3.63) is 24.3 Å². The molecule has 1 amide bonds. The number of benzene rings is 1. The van der Waals surface area contributed by atoms with Gasteiger partial charge >= 0.3 is 5.97 Å². The van der Waals surface area contributed by atoms with E-state index in [1.165, 1.54) is 33.5 Å². The average molecular weight is 436 g/mol. The van der Waals surface area contributed by atoms with Gasteiger partial charge in [0.1, 0.15) is 0 Å². The number of anilines is 1. The zero-order chi connectivity index (χ0) is 19.9. The lowest BCUT2D eigenvalue weighted by Crippen LogP contribution is -2.40. The molecule has 11 heteroatoms. The Morgan fingerprint density at radius 3 is 2.32 bits per heavy atom. The van der Waals surface area contributed by atoms with Crippen LogP contribution < -0.4 is 5.32 Å². The average Bonchev–Trinajstić information content (AvgIpc) is 2.62. The van der Waals surface area contributed by atoms with Crippen LogP contribution in [0, 0.1) is 0 Å². The fourth-order valence-corrected chi connectivity index (χ4v) is 4.18. The van der Waals surface area contributed by atoms with Crippen molar-refractivity contribution in [3.63, 3.8) is 0 Å². The van der Waals surface area contributed by atoms with Gasteiger partial charge < -0.3 is 15.2 Å². The Morgan fingerprint density at radius 2 is 1.79 bits per heavy atom. The molecule has 1 fully saturated rings. The second-order valence-electron chi connectivity index (χ2n) is 6.19. The molecule has 0 aromatic heterocycles. The van der Waals surface area contributed by atoms with Gasteiger partial charge in [-0.1, -0.05) is 6.92 Å². The number of carbonyl (C=O) groups excluding carboxylic acids is 1. The second-order valence-corrected chi connectivity index (χ2v) is 8.13. The largest absolute Gasteiger partial charge is 0.480 e. The van der Waals surface area contributed by atoms with E-state index in [9.17, 15) is 18.0 Å². The topological polar surface area (TPSA) is 116 Å². The van der Waals surface area contributed by atoms with Gasteiger partial charge in [-0.05, 0) is 37.2 Å². The number of amides is 1. The minimum atomic E-state index is -3.58. The second kappa shape index (κ2) is 11.3. The van der Waals surface area contributed by atoms with Crippen molar-refractivity contribution >= 4 is 40.0 Å². The van der Waals surface area contributed by atoms with E-state index in [0.29, 0.717) is 38.5 Å². The third kappa shape index (κ3) is 7.02. The van der Waals surface area contributed by atoms with Gasteiger partial charge in [0.15, 0.2) is 0 Å². The molecule has 1 saturated heterocycles. The molecule has 0 spiro atoms. The maximum atomic E-state index is 12.6. The van der Waals surface area contributed by atoms with E-state index >= 15 is 0 Å². The minimum absolute atomic E-state index is 0. The first-order valence-electron chi connectivity index (χ1n) is 8.75. The highest BCUT2D eigenvalue weighted by Gasteiger charge is 2.26. The lowest BCUT2D eigenvalue weighted by molar-refractivity contribution is -0.138. The molecule has 2 N–H and O–H groups in total. The monoisotopic (exact) mass is 435 g/mol. The molecule has 1 aliphatic heterocycles. The van der Waals surface area contributed by atoms with E-state index in [2.05, 4.69) is 5.32 Å². The molecular formula is C17H26ClN3O6S. The van der Waals surface area contributed by atoms with Gasteiger partial charge in [0.05, 0.1) is 31.2 Å². The predicted octanol–water partition coefficient (Wildman–Crippen LogP) is 0.864. The van der Waals surface area contributed by atoms with Crippen LogP contribution in [0.25, 0.3) is 0 Å². The quantitative estimate of drug-likeness (QED) is 0.591. The summed E-state index contributed by atoms with van der Waals surface area (Å²) >= 11 is 0. The van der Waals surface area contributed by atoms with Crippen LogP contribution in [0.15, 0.2) is 29.2 Å². The van der Waals surface area contributed by atoms with Gasteiger partial charge in [-0.3, -0.25) is 14.5 Å². The molecule has 1 heterocycles. The number of halogens is 1. The first-order chi connectivity index (χ1) is 12.8. The highest BCUT2D eigenvalue weighted by atomic mass is 35.5. The molecule has 0 unspecified atom stereocenters. The summed E-state index contributed by atoms with van der Waals surface area (Å²) < 4.78 is 31.7. The number of hydrogen-bond donors (Lipinski definition) is 2. The fourth-order valence-electron chi connectivity index (χ4n) is 2.77. The van der Waals surface area contributed by atoms with Crippen LogP contribution in [-0.4, -0.2) is 80.5 Å². The van der Waals surface area contributed by atoms with Crippen molar-refractivity contribution in [1.82, 2.24) is 9.21 Å². The Hall–Kier alpha value is -1.72. The van der Waals surface area contributed by atoms with Gasteiger partial charge in [-0.15, -0.1) is 12.4 Å². The summed E-state index contributed by atoms with van der Waals surface area (Å²) in [5.41, 5.74) is 0.452. The van der Waals surface area contributed by atoms with E-state index < -0.39 is 16.0 Å². The highest BCUT2D eigenvalue weighted by molar-refractivity contribution is 7.89. The summed E-state index contributed by atoms with van der Waals surface area (Å²) in [4.78, 5) is 24.7. The molecule has 0 aliphatic carbocycles. The van der Waals surface area contributed by atoms with Crippen LogP contribution in [0.1, 0.15) is 13.3 Å². The summed E-state index contributed by atoms with van der Waals surface area (Å²) in [5.74, 6) is -1.34. The van der Waals surface area contributed by atoms with E-state index in [0.717, 1.165) is 6.42 Å². The maximum absolute atomic E-state index is 12.6. The number of sulfonamides is 1. The highest BCUT2D eigenvalue weighted by Crippen LogP contribution is 2.19. The number of hydrogen-bond acceptors (Lipinski definition) is 6. The molecule has 0 radical (unpaired) electrons. The number of carboxylic acids is 1. The van der Waals surface area contributed by atoms with Crippen molar-refractivity contribution in [2.75, 3.05) is 51.3 Å². The number of carbonyl (C=O) groups is 2. The molecule has 158 valence electrons. The lowest BCUT2D eigenvalue weighted by Gasteiger charge is -2.26. The van der Waals surface area contributed by atoms with Gasteiger partial charge in [0, 0.05) is 18.8 Å². The Morgan fingerprint density at radius 1 is 1.18 bits per heavy atom. The summed E-state index contributed by atoms with van der Waals surface area (Å²) in [7, 11) is -3.58. The Bertz CT molecular complexity index is 751. The molecule has 0 atom stereocenters. The third-order valence-corrected chi connectivity index (χ3v) is 5.92. The maximum Gasteiger partial charge on any atom is 0.317 e. The first-order valence-corrected chi connectivity index (χ1v) is 10.2. The summed E-state index contributed by atoms with van der Waals surface area (Å²) in [6.45, 7) is 3.52. The number of carboxylic acid groups (broad SMARTS) is 1. The Labute approximate surface area is 171 Å². The zero-order valence-corrected chi connectivity index (χ0v) is 17.3. The van der Waals surface area contributed by atoms with E-state index in [4.69, 9.17) is 9.84 Å². The van der Waals surface area contributed by atoms with E-state index in [1.54, 1.807) is 0 Å².